The van der Waals surface area contributed by atoms with Gasteiger partial charge in [0.05, 0.1) is 12.7 Å². The quantitative estimate of drug-likeness (QED) is 0.746. The van der Waals surface area contributed by atoms with Crippen LogP contribution in [0.1, 0.15) is 23.6 Å². The van der Waals surface area contributed by atoms with Crippen LogP contribution in [0, 0.1) is 6.92 Å². The Labute approximate surface area is 84.8 Å². The van der Waals surface area contributed by atoms with Crippen molar-refractivity contribution >= 4 is 5.76 Å². The lowest BCUT2D eigenvalue weighted by atomic mass is 10.0. The summed E-state index contributed by atoms with van der Waals surface area (Å²) in [7, 11) is 1.61. The van der Waals surface area contributed by atoms with Crippen LogP contribution in [-0.4, -0.2) is 12.2 Å². The zero-order valence-electron chi connectivity index (χ0n) is 8.92. The van der Waals surface area contributed by atoms with E-state index in [9.17, 15) is 5.11 Å². The molecule has 1 rings (SSSR count). The molecule has 0 aliphatic carbocycles. The van der Waals surface area contributed by atoms with Crippen molar-refractivity contribution in [3.05, 3.63) is 35.4 Å². The number of aliphatic hydroxyl groups excluding tert-OH is 1. The maximum atomic E-state index is 9.46. The number of ether oxygens (including phenoxy) is 1. The molecule has 0 aromatic heterocycles. The van der Waals surface area contributed by atoms with Gasteiger partial charge < -0.3 is 9.84 Å². The van der Waals surface area contributed by atoms with Crippen LogP contribution in [0.4, 0.5) is 0 Å². The van der Waals surface area contributed by atoms with Crippen molar-refractivity contribution in [1.82, 2.24) is 0 Å². The van der Waals surface area contributed by atoms with Crippen LogP contribution in [0.25, 0.3) is 5.76 Å². The first-order valence-electron chi connectivity index (χ1n) is 4.66. The zero-order valence-corrected chi connectivity index (χ0v) is 8.92. The highest BCUT2D eigenvalue weighted by Crippen LogP contribution is 2.31. The van der Waals surface area contributed by atoms with Gasteiger partial charge in [-0.2, -0.15) is 0 Å². The Kier molecular flexibility index (Phi) is 3.18. The molecule has 0 radical (unpaired) electrons. The predicted molar refractivity (Wildman–Crippen MR) is 58.8 cm³/mol. The Morgan fingerprint density at radius 1 is 1.50 bits per heavy atom. The molecule has 2 nitrogen and oxygen atoms in total. The second-order valence-electron chi connectivity index (χ2n) is 3.25. The Bertz CT molecular complexity index is 354. The molecule has 0 bridgehead atoms. The third-order valence-corrected chi connectivity index (χ3v) is 2.32. The van der Waals surface area contributed by atoms with Crippen molar-refractivity contribution in [2.24, 2.45) is 0 Å². The van der Waals surface area contributed by atoms with Crippen LogP contribution in [0.15, 0.2) is 18.7 Å². The molecule has 2 heteroatoms. The summed E-state index contributed by atoms with van der Waals surface area (Å²) in [6.45, 7) is 7.53. The normalized spacial score (nSPS) is 9.93. The van der Waals surface area contributed by atoms with Crippen molar-refractivity contribution < 1.29 is 9.84 Å². The topological polar surface area (TPSA) is 29.5 Å². The lowest BCUT2D eigenvalue weighted by molar-refractivity contribution is 0.403. The summed E-state index contributed by atoms with van der Waals surface area (Å²) in [6.07, 6.45) is 0.879. The molecule has 1 N–H and O–H groups in total. The van der Waals surface area contributed by atoms with Gasteiger partial charge in [-0.05, 0) is 24.5 Å². The largest absolute Gasteiger partial charge is 0.508 e. The molecule has 0 aliphatic heterocycles. The van der Waals surface area contributed by atoms with Gasteiger partial charge >= 0.3 is 0 Å². The van der Waals surface area contributed by atoms with Gasteiger partial charge in [0.1, 0.15) is 11.5 Å². The van der Waals surface area contributed by atoms with Gasteiger partial charge in [-0.25, -0.2) is 0 Å². The Balaban J connectivity index is 3.42. The molecule has 0 spiro atoms. The molecule has 0 saturated heterocycles. The zero-order chi connectivity index (χ0) is 10.7. The number of hydrogen-bond acceptors (Lipinski definition) is 2. The minimum atomic E-state index is 0.0645. The highest BCUT2D eigenvalue weighted by atomic mass is 16.5. The number of rotatable bonds is 3. The predicted octanol–water partition coefficient (Wildman–Crippen LogP) is 3.09. The maximum Gasteiger partial charge on any atom is 0.133 e. The number of methoxy groups -OCH3 is 1. The Morgan fingerprint density at radius 3 is 2.57 bits per heavy atom. The van der Waals surface area contributed by atoms with Gasteiger partial charge in [0.2, 0.25) is 0 Å². The fourth-order valence-electron chi connectivity index (χ4n) is 1.59. The average Bonchev–Trinajstić information content (AvgIpc) is 2.16. The van der Waals surface area contributed by atoms with Crippen LogP contribution < -0.4 is 4.74 Å². The van der Waals surface area contributed by atoms with Crippen molar-refractivity contribution in [2.75, 3.05) is 7.11 Å². The average molecular weight is 192 g/mol. The fourth-order valence-corrected chi connectivity index (χ4v) is 1.59. The minimum absolute atomic E-state index is 0.0645. The van der Waals surface area contributed by atoms with Gasteiger partial charge in [-0.15, -0.1) is 0 Å². The molecule has 0 saturated carbocycles. The van der Waals surface area contributed by atoms with E-state index in [0.29, 0.717) is 5.56 Å². The molecule has 1 aromatic carbocycles. The van der Waals surface area contributed by atoms with Gasteiger partial charge in [-0.1, -0.05) is 25.6 Å². The molecule has 0 fully saturated rings. The van der Waals surface area contributed by atoms with Gasteiger partial charge in [0.25, 0.3) is 0 Å². The van der Waals surface area contributed by atoms with E-state index >= 15 is 0 Å². The molecule has 1 aromatic rings. The molecule has 0 heterocycles. The first-order chi connectivity index (χ1) is 6.61. The van der Waals surface area contributed by atoms with E-state index in [0.717, 1.165) is 23.3 Å². The van der Waals surface area contributed by atoms with E-state index in [1.807, 2.05) is 19.1 Å². The summed E-state index contributed by atoms with van der Waals surface area (Å²) in [5.41, 5.74) is 2.78. The van der Waals surface area contributed by atoms with Crippen LogP contribution in [-0.2, 0) is 6.42 Å². The van der Waals surface area contributed by atoms with Crippen LogP contribution in [0.5, 0.6) is 5.75 Å². The van der Waals surface area contributed by atoms with E-state index < -0.39 is 0 Å². The summed E-state index contributed by atoms with van der Waals surface area (Å²) in [4.78, 5) is 0. The van der Waals surface area contributed by atoms with Crippen molar-refractivity contribution in [2.45, 2.75) is 20.3 Å². The SMILES string of the molecule is C=C(O)c1c(C)ccc(CC)c1OC. The second-order valence-corrected chi connectivity index (χ2v) is 3.25. The summed E-state index contributed by atoms with van der Waals surface area (Å²) < 4.78 is 5.29. The number of hydrogen-bond donors (Lipinski definition) is 1. The summed E-state index contributed by atoms with van der Waals surface area (Å²) in [5, 5.41) is 9.46. The highest BCUT2D eigenvalue weighted by Gasteiger charge is 2.12. The lowest BCUT2D eigenvalue weighted by Crippen LogP contribution is -1.98. The molecule has 0 atom stereocenters. The lowest BCUT2D eigenvalue weighted by Gasteiger charge is -2.14. The molecular formula is C12H16O2. The van der Waals surface area contributed by atoms with Crippen LogP contribution in [0.2, 0.25) is 0 Å². The molecule has 14 heavy (non-hydrogen) atoms. The Hall–Kier alpha value is -1.44. The fraction of sp³-hybridized carbons (Fsp3) is 0.333. The van der Waals surface area contributed by atoms with E-state index in [4.69, 9.17) is 4.74 Å². The summed E-state index contributed by atoms with van der Waals surface area (Å²) in [5.74, 6) is 0.801. The number of aryl methyl sites for hydroxylation is 2. The Morgan fingerprint density at radius 2 is 2.14 bits per heavy atom. The van der Waals surface area contributed by atoms with Gasteiger partial charge in [0.15, 0.2) is 0 Å². The summed E-state index contributed by atoms with van der Waals surface area (Å²) in [6, 6.07) is 3.98. The van der Waals surface area contributed by atoms with Gasteiger partial charge in [0, 0.05) is 0 Å². The number of aliphatic hydroxyl groups is 1. The standard InChI is InChI=1S/C12H16O2/c1-5-10-7-6-8(2)11(9(3)13)12(10)14-4/h6-7,13H,3,5H2,1-2,4H3. The molecule has 0 aliphatic rings. The van der Waals surface area contributed by atoms with E-state index in [-0.39, 0.29) is 5.76 Å². The molecule has 76 valence electrons. The monoisotopic (exact) mass is 192 g/mol. The molecular weight excluding hydrogens is 176 g/mol. The number of benzene rings is 1. The third kappa shape index (κ3) is 1.74. The summed E-state index contributed by atoms with van der Waals surface area (Å²) >= 11 is 0. The van der Waals surface area contributed by atoms with Gasteiger partial charge in [-0.3, -0.25) is 0 Å². The van der Waals surface area contributed by atoms with Crippen molar-refractivity contribution in [1.29, 1.82) is 0 Å². The minimum Gasteiger partial charge on any atom is -0.508 e. The second kappa shape index (κ2) is 4.18. The van der Waals surface area contributed by atoms with E-state index in [2.05, 4.69) is 13.5 Å². The third-order valence-electron chi connectivity index (χ3n) is 2.32. The highest BCUT2D eigenvalue weighted by molar-refractivity contribution is 5.68. The van der Waals surface area contributed by atoms with Crippen LogP contribution in [0.3, 0.4) is 0 Å². The molecule has 0 unspecified atom stereocenters. The smallest absolute Gasteiger partial charge is 0.133 e. The van der Waals surface area contributed by atoms with Crippen molar-refractivity contribution in [3.8, 4) is 5.75 Å². The van der Waals surface area contributed by atoms with Crippen molar-refractivity contribution in [3.63, 3.8) is 0 Å². The maximum absolute atomic E-state index is 9.46. The first kappa shape index (κ1) is 10.6. The van der Waals surface area contributed by atoms with Crippen LogP contribution >= 0.6 is 0 Å². The first-order valence-corrected chi connectivity index (χ1v) is 4.66. The van der Waals surface area contributed by atoms with E-state index in [1.54, 1.807) is 7.11 Å². The van der Waals surface area contributed by atoms with E-state index in [1.165, 1.54) is 0 Å². The molecule has 0 amide bonds.